The Morgan fingerprint density at radius 1 is 1.62 bits per heavy atom. The molecule has 0 saturated heterocycles. The lowest BCUT2D eigenvalue weighted by Crippen LogP contribution is -1.93. The molecule has 0 amide bonds. The molecule has 0 aliphatic carbocycles. The Hall–Kier alpha value is -1.12. The zero-order valence-corrected chi connectivity index (χ0v) is 8.46. The molecule has 0 bridgehead atoms. The molecule has 0 fully saturated rings. The average Bonchev–Trinajstić information content (AvgIpc) is 2.02. The lowest BCUT2D eigenvalue weighted by atomic mass is 10.2. The first-order valence-corrected chi connectivity index (χ1v) is 4.27. The first kappa shape index (κ1) is 9.96. The molecular formula is C7H2BrClN2O2. The van der Waals surface area contributed by atoms with E-state index in [9.17, 15) is 10.1 Å². The summed E-state index contributed by atoms with van der Waals surface area (Å²) in [6, 6.07) is 4.31. The van der Waals surface area contributed by atoms with Crippen LogP contribution in [0.15, 0.2) is 16.6 Å². The van der Waals surface area contributed by atoms with E-state index in [2.05, 4.69) is 15.9 Å². The Morgan fingerprint density at radius 3 is 2.69 bits per heavy atom. The third-order valence-electron chi connectivity index (χ3n) is 1.34. The van der Waals surface area contributed by atoms with Gasteiger partial charge in [0, 0.05) is 15.6 Å². The largest absolute Gasteiger partial charge is 0.289 e. The van der Waals surface area contributed by atoms with E-state index in [0.717, 1.165) is 6.07 Å². The van der Waals surface area contributed by atoms with Crippen molar-refractivity contribution < 1.29 is 4.92 Å². The molecule has 0 aliphatic rings. The Kier molecular flexibility index (Phi) is 2.86. The number of nitriles is 1. The van der Waals surface area contributed by atoms with Crippen molar-refractivity contribution in [2.24, 2.45) is 0 Å². The Bertz CT molecular complexity index is 414. The predicted octanol–water partition coefficient (Wildman–Crippen LogP) is 2.88. The monoisotopic (exact) mass is 260 g/mol. The molecule has 0 unspecified atom stereocenters. The second-order valence-electron chi connectivity index (χ2n) is 2.15. The average molecular weight is 261 g/mol. The van der Waals surface area contributed by atoms with Crippen LogP contribution in [0.2, 0.25) is 5.02 Å². The fourth-order valence-electron chi connectivity index (χ4n) is 0.815. The van der Waals surface area contributed by atoms with E-state index in [1.165, 1.54) is 6.07 Å². The van der Waals surface area contributed by atoms with Crippen molar-refractivity contribution in [2.75, 3.05) is 0 Å². The van der Waals surface area contributed by atoms with Crippen LogP contribution in [-0.2, 0) is 0 Å². The van der Waals surface area contributed by atoms with Crippen molar-refractivity contribution in [2.45, 2.75) is 0 Å². The van der Waals surface area contributed by atoms with Gasteiger partial charge in [0.25, 0.3) is 5.69 Å². The van der Waals surface area contributed by atoms with Gasteiger partial charge < -0.3 is 0 Å². The molecule has 0 atom stereocenters. The van der Waals surface area contributed by atoms with Crippen LogP contribution in [0, 0.1) is 21.4 Å². The highest BCUT2D eigenvalue weighted by Gasteiger charge is 2.17. The summed E-state index contributed by atoms with van der Waals surface area (Å²) >= 11 is 8.59. The van der Waals surface area contributed by atoms with Crippen molar-refractivity contribution in [3.8, 4) is 6.07 Å². The third-order valence-corrected chi connectivity index (χ3v) is 2.19. The molecule has 66 valence electrons. The third kappa shape index (κ3) is 1.97. The van der Waals surface area contributed by atoms with Gasteiger partial charge >= 0.3 is 0 Å². The highest BCUT2D eigenvalue weighted by atomic mass is 79.9. The minimum Gasteiger partial charge on any atom is -0.258 e. The number of hydrogen-bond acceptors (Lipinski definition) is 3. The summed E-state index contributed by atoms with van der Waals surface area (Å²) in [6.07, 6.45) is 0. The van der Waals surface area contributed by atoms with Gasteiger partial charge in [-0.3, -0.25) is 10.1 Å². The van der Waals surface area contributed by atoms with Crippen LogP contribution < -0.4 is 0 Å². The number of nitro benzene ring substituents is 1. The van der Waals surface area contributed by atoms with Gasteiger partial charge in [-0.15, -0.1) is 0 Å². The van der Waals surface area contributed by atoms with Gasteiger partial charge in [0.1, 0.15) is 11.6 Å². The van der Waals surface area contributed by atoms with E-state index in [1.807, 2.05) is 0 Å². The summed E-state index contributed by atoms with van der Waals surface area (Å²) in [5.41, 5.74) is -0.309. The minimum atomic E-state index is -0.644. The molecule has 6 heteroatoms. The second-order valence-corrected chi connectivity index (χ2v) is 3.44. The van der Waals surface area contributed by atoms with Crippen LogP contribution in [0.25, 0.3) is 0 Å². The van der Waals surface area contributed by atoms with E-state index in [1.54, 1.807) is 6.07 Å². The fraction of sp³-hybridized carbons (Fsp3) is 0. The van der Waals surface area contributed by atoms with E-state index in [4.69, 9.17) is 16.9 Å². The minimum absolute atomic E-state index is 0.0191. The molecule has 0 spiro atoms. The first-order chi connectivity index (χ1) is 6.06. The van der Waals surface area contributed by atoms with Gasteiger partial charge in [0.05, 0.1) is 4.92 Å². The number of rotatable bonds is 1. The van der Waals surface area contributed by atoms with Crippen LogP contribution >= 0.6 is 27.5 Å². The van der Waals surface area contributed by atoms with Crippen molar-refractivity contribution in [3.63, 3.8) is 0 Å². The molecular weight excluding hydrogens is 259 g/mol. The Labute approximate surface area is 87.0 Å². The quantitative estimate of drug-likeness (QED) is 0.576. The maximum Gasteiger partial charge on any atom is 0.289 e. The summed E-state index contributed by atoms with van der Waals surface area (Å²) in [5.74, 6) is 0. The smallest absolute Gasteiger partial charge is 0.258 e. The molecule has 13 heavy (non-hydrogen) atoms. The molecule has 0 N–H and O–H groups in total. The summed E-state index contributed by atoms with van der Waals surface area (Å²) in [4.78, 5) is 9.82. The second kappa shape index (κ2) is 3.73. The summed E-state index contributed by atoms with van der Waals surface area (Å²) in [7, 11) is 0. The first-order valence-electron chi connectivity index (χ1n) is 3.10. The molecule has 1 aromatic rings. The Balaban J connectivity index is 3.50. The van der Waals surface area contributed by atoms with Gasteiger partial charge in [-0.2, -0.15) is 5.26 Å². The molecule has 0 aromatic heterocycles. The number of hydrogen-bond donors (Lipinski definition) is 0. The summed E-state index contributed by atoms with van der Waals surface area (Å²) in [5, 5.41) is 19.3. The zero-order chi connectivity index (χ0) is 10.0. The SMILES string of the molecule is N#Cc1c(Br)cc(Cl)cc1[N+](=O)[O-]. The molecule has 0 radical (unpaired) electrons. The van der Waals surface area contributed by atoms with E-state index in [-0.39, 0.29) is 16.3 Å². The zero-order valence-electron chi connectivity index (χ0n) is 6.12. The van der Waals surface area contributed by atoms with Crippen LogP contribution in [0.3, 0.4) is 0 Å². The number of benzene rings is 1. The highest BCUT2D eigenvalue weighted by molar-refractivity contribution is 9.10. The van der Waals surface area contributed by atoms with Gasteiger partial charge in [-0.05, 0) is 22.0 Å². The van der Waals surface area contributed by atoms with E-state index >= 15 is 0 Å². The molecule has 0 saturated carbocycles. The van der Waals surface area contributed by atoms with E-state index in [0.29, 0.717) is 4.47 Å². The normalized spacial score (nSPS) is 9.31. The van der Waals surface area contributed by atoms with Gasteiger partial charge in [-0.1, -0.05) is 11.6 Å². The number of nitrogens with zero attached hydrogens (tertiary/aromatic N) is 2. The lowest BCUT2D eigenvalue weighted by Gasteiger charge is -1.97. The van der Waals surface area contributed by atoms with Crippen LogP contribution in [0.4, 0.5) is 5.69 Å². The topological polar surface area (TPSA) is 66.9 Å². The maximum absolute atomic E-state index is 10.5. The number of nitro groups is 1. The van der Waals surface area contributed by atoms with Crippen LogP contribution in [0.5, 0.6) is 0 Å². The van der Waals surface area contributed by atoms with Gasteiger partial charge in [0.15, 0.2) is 0 Å². The van der Waals surface area contributed by atoms with E-state index < -0.39 is 4.92 Å². The maximum atomic E-state index is 10.5. The molecule has 1 rings (SSSR count). The standard InChI is InChI=1S/C7H2BrClN2O2/c8-6-1-4(9)2-7(11(12)13)5(6)3-10/h1-2H. The Morgan fingerprint density at radius 2 is 2.23 bits per heavy atom. The summed E-state index contributed by atoms with van der Waals surface area (Å²) < 4.78 is 0.328. The van der Waals surface area contributed by atoms with Crippen molar-refractivity contribution >= 4 is 33.2 Å². The fourth-order valence-corrected chi connectivity index (χ4v) is 1.70. The highest BCUT2D eigenvalue weighted by Crippen LogP contribution is 2.29. The van der Waals surface area contributed by atoms with Crippen LogP contribution in [-0.4, -0.2) is 4.92 Å². The lowest BCUT2D eigenvalue weighted by molar-refractivity contribution is -0.385. The summed E-state index contributed by atoms with van der Waals surface area (Å²) in [6.45, 7) is 0. The van der Waals surface area contributed by atoms with Crippen molar-refractivity contribution in [1.29, 1.82) is 5.26 Å². The van der Waals surface area contributed by atoms with Crippen molar-refractivity contribution in [1.82, 2.24) is 0 Å². The van der Waals surface area contributed by atoms with Gasteiger partial charge in [-0.25, -0.2) is 0 Å². The molecule has 1 aromatic carbocycles. The molecule has 0 aliphatic heterocycles. The molecule has 4 nitrogen and oxygen atoms in total. The number of halogens is 2. The molecule has 0 heterocycles. The van der Waals surface area contributed by atoms with Gasteiger partial charge in [0.2, 0.25) is 0 Å². The predicted molar refractivity (Wildman–Crippen MR) is 50.5 cm³/mol. The van der Waals surface area contributed by atoms with Crippen molar-refractivity contribution in [3.05, 3.63) is 37.3 Å². The van der Waals surface area contributed by atoms with Crippen LogP contribution in [0.1, 0.15) is 5.56 Å².